The van der Waals surface area contributed by atoms with E-state index in [1.54, 1.807) is 48.1 Å². The fraction of sp³-hybridized carbons (Fsp3) is 0.188. The third-order valence-electron chi connectivity index (χ3n) is 3.10. The van der Waals surface area contributed by atoms with Gasteiger partial charge in [0.25, 0.3) is 5.91 Å². The lowest BCUT2D eigenvalue weighted by Crippen LogP contribution is -2.35. The van der Waals surface area contributed by atoms with Gasteiger partial charge in [0.15, 0.2) is 0 Å². The number of hydrogen-bond donors (Lipinski definition) is 1. The molecule has 23 heavy (non-hydrogen) atoms. The van der Waals surface area contributed by atoms with Gasteiger partial charge in [-0.15, -0.1) is 0 Å². The molecule has 2 amide bonds. The Hall–Kier alpha value is -2.67. The highest BCUT2D eigenvalue weighted by Gasteiger charge is 2.17. The van der Waals surface area contributed by atoms with Crippen LogP contribution >= 0.6 is 11.3 Å². The lowest BCUT2D eigenvalue weighted by Gasteiger charge is -2.16. The molecule has 0 radical (unpaired) electrons. The van der Waals surface area contributed by atoms with E-state index in [1.165, 1.54) is 23.3 Å². The van der Waals surface area contributed by atoms with Crippen molar-refractivity contribution in [2.24, 2.45) is 0 Å². The first-order valence-electron chi connectivity index (χ1n) is 6.77. The number of amides is 2. The maximum absolute atomic E-state index is 12.1. The number of anilines is 1. The molecular formula is C16H16N2O4S. The number of thiophene rings is 1. The second-order valence-electron chi connectivity index (χ2n) is 4.76. The van der Waals surface area contributed by atoms with Crippen molar-refractivity contribution in [1.29, 1.82) is 0 Å². The minimum absolute atomic E-state index is 0.121. The molecule has 7 heteroatoms. The molecule has 0 bridgehead atoms. The SMILES string of the molecule is COC(=O)c1ccccc1NC(=O)CN(C)C(=O)c1ccsc1. The van der Waals surface area contributed by atoms with Crippen LogP contribution in [0.25, 0.3) is 0 Å². The Morgan fingerprint density at radius 1 is 1.22 bits per heavy atom. The molecule has 0 unspecified atom stereocenters. The Labute approximate surface area is 137 Å². The average molecular weight is 332 g/mol. The number of carbonyl (C=O) groups excluding carboxylic acids is 3. The summed E-state index contributed by atoms with van der Waals surface area (Å²) in [6.07, 6.45) is 0. The topological polar surface area (TPSA) is 75.7 Å². The molecule has 0 aliphatic carbocycles. The highest BCUT2D eigenvalue weighted by atomic mass is 32.1. The van der Waals surface area contributed by atoms with Gasteiger partial charge in [0.1, 0.15) is 0 Å². The predicted molar refractivity (Wildman–Crippen MR) is 87.7 cm³/mol. The van der Waals surface area contributed by atoms with Crippen LogP contribution in [0.1, 0.15) is 20.7 Å². The van der Waals surface area contributed by atoms with Crippen LogP contribution in [-0.2, 0) is 9.53 Å². The molecule has 0 saturated heterocycles. The van der Waals surface area contributed by atoms with Gasteiger partial charge in [0.05, 0.1) is 30.5 Å². The second-order valence-corrected chi connectivity index (χ2v) is 5.54. The molecule has 0 fully saturated rings. The van der Waals surface area contributed by atoms with Crippen molar-refractivity contribution in [2.45, 2.75) is 0 Å². The van der Waals surface area contributed by atoms with E-state index in [0.29, 0.717) is 11.3 Å². The summed E-state index contributed by atoms with van der Waals surface area (Å²) in [6, 6.07) is 8.23. The number of para-hydroxylation sites is 1. The Kier molecular flexibility index (Phi) is 5.48. The molecule has 1 aromatic heterocycles. The van der Waals surface area contributed by atoms with Gasteiger partial charge in [-0.3, -0.25) is 9.59 Å². The Morgan fingerprint density at radius 2 is 1.96 bits per heavy atom. The average Bonchev–Trinajstić information content (AvgIpc) is 3.08. The van der Waals surface area contributed by atoms with Gasteiger partial charge < -0.3 is 15.0 Å². The van der Waals surface area contributed by atoms with E-state index in [1.807, 2.05) is 0 Å². The Morgan fingerprint density at radius 3 is 2.61 bits per heavy atom. The number of esters is 1. The summed E-state index contributed by atoms with van der Waals surface area (Å²) >= 11 is 1.42. The largest absolute Gasteiger partial charge is 0.465 e. The van der Waals surface area contributed by atoms with Gasteiger partial charge >= 0.3 is 5.97 Å². The molecular weight excluding hydrogens is 316 g/mol. The lowest BCUT2D eigenvalue weighted by molar-refractivity contribution is -0.116. The van der Waals surface area contributed by atoms with E-state index >= 15 is 0 Å². The number of benzene rings is 1. The molecule has 0 spiro atoms. The Balaban J connectivity index is 2.03. The maximum atomic E-state index is 12.1. The number of methoxy groups -OCH3 is 1. The summed E-state index contributed by atoms with van der Waals surface area (Å²) in [5.41, 5.74) is 1.15. The minimum Gasteiger partial charge on any atom is -0.465 e. The minimum atomic E-state index is -0.538. The first-order valence-corrected chi connectivity index (χ1v) is 7.72. The molecule has 1 N–H and O–H groups in total. The molecule has 1 heterocycles. The molecule has 0 saturated carbocycles. The quantitative estimate of drug-likeness (QED) is 0.852. The summed E-state index contributed by atoms with van der Waals surface area (Å²) in [6.45, 7) is -0.121. The fourth-order valence-electron chi connectivity index (χ4n) is 1.96. The number of nitrogens with one attached hydrogen (secondary N) is 1. The zero-order valence-electron chi connectivity index (χ0n) is 12.7. The van der Waals surface area contributed by atoms with Crippen molar-refractivity contribution >= 4 is 34.8 Å². The van der Waals surface area contributed by atoms with Gasteiger partial charge in [-0.25, -0.2) is 4.79 Å². The lowest BCUT2D eigenvalue weighted by atomic mass is 10.2. The van der Waals surface area contributed by atoms with Crippen molar-refractivity contribution in [3.05, 3.63) is 52.2 Å². The van der Waals surface area contributed by atoms with Gasteiger partial charge in [0, 0.05) is 12.4 Å². The van der Waals surface area contributed by atoms with Gasteiger partial charge in [0.2, 0.25) is 5.91 Å². The first-order chi connectivity index (χ1) is 11.0. The molecule has 0 aliphatic rings. The van der Waals surface area contributed by atoms with E-state index in [0.717, 1.165) is 0 Å². The van der Waals surface area contributed by atoms with Crippen molar-refractivity contribution < 1.29 is 19.1 Å². The summed E-state index contributed by atoms with van der Waals surface area (Å²) < 4.78 is 4.67. The number of likely N-dealkylation sites (N-methyl/N-ethyl adjacent to an activating group) is 1. The van der Waals surface area contributed by atoms with Crippen LogP contribution in [0.5, 0.6) is 0 Å². The van der Waals surface area contributed by atoms with E-state index in [9.17, 15) is 14.4 Å². The number of rotatable bonds is 5. The smallest absolute Gasteiger partial charge is 0.339 e. The van der Waals surface area contributed by atoms with E-state index in [-0.39, 0.29) is 18.0 Å². The molecule has 0 aliphatic heterocycles. The molecule has 120 valence electrons. The number of carbonyl (C=O) groups is 3. The molecule has 6 nitrogen and oxygen atoms in total. The summed E-state index contributed by atoms with van der Waals surface area (Å²) in [4.78, 5) is 37.2. The number of ether oxygens (including phenoxy) is 1. The van der Waals surface area contributed by atoms with Gasteiger partial charge in [-0.2, -0.15) is 11.3 Å². The standard InChI is InChI=1S/C16H16N2O4S/c1-18(15(20)11-7-8-23-10-11)9-14(19)17-13-6-4-3-5-12(13)16(21)22-2/h3-8,10H,9H2,1-2H3,(H,17,19). The van der Waals surface area contributed by atoms with Crippen LogP contribution in [0.3, 0.4) is 0 Å². The van der Waals surface area contributed by atoms with Crippen molar-refractivity contribution in [3.63, 3.8) is 0 Å². The normalized spacial score (nSPS) is 10.0. The van der Waals surface area contributed by atoms with Gasteiger partial charge in [-0.1, -0.05) is 12.1 Å². The van der Waals surface area contributed by atoms with Crippen LogP contribution in [0.15, 0.2) is 41.1 Å². The van der Waals surface area contributed by atoms with Crippen molar-refractivity contribution in [2.75, 3.05) is 26.0 Å². The summed E-state index contributed by atoms with van der Waals surface area (Å²) in [7, 11) is 2.82. The van der Waals surface area contributed by atoms with Gasteiger partial charge in [-0.05, 0) is 23.6 Å². The zero-order chi connectivity index (χ0) is 16.8. The van der Waals surface area contributed by atoms with Crippen molar-refractivity contribution in [1.82, 2.24) is 4.90 Å². The molecule has 1 aromatic carbocycles. The third-order valence-corrected chi connectivity index (χ3v) is 3.79. The molecule has 2 rings (SSSR count). The summed E-state index contributed by atoms with van der Waals surface area (Å²) in [5.74, 6) is -1.17. The molecule has 0 atom stereocenters. The third kappa shape index (κ3) is 4.17. The summed E-state index contributed by atoms with van der Waals surface area (Å²) in [5, 5.41) is 6.15. The van der Waals surface area contributed by atoms with Crippen LogP contribution in [0, 0.1) is 0 Å². The highest BCUT2D eigenvalue weighted by Crippen LogP contribution is 2.16. The van der Waals surface area contributed by atoms with E-state index in [4.69, 9.17) is 0 Å². The fourth-order valence-corrected chi connectivity index (χ4v) is 2.59. The second kappa shape index (κ2) is 7.55. The molecule has 2 aromatic rings. The highest BCUT2D eigenvalue weighted by molar-refractivity contribution is 7.08. The number of nitrogens with zero attached hydrogens (tertiary/aromatic N) is 1. The predicted octanol–water partition coefficient (Wildman–Crippen LogP) is 2.25. The van der Waals surface area contributed by atoms with E-state index < -0.39 is 11.9 Å². The van der Waals surface area contributed by atoms with Crippen LogP contribution < -0.4 is 5.32 Å². The maximum Gasteiger partial charge on any atom is 0.339 e. The monoisotopic (exact) mass is 332 g/mol. The van der Waals surface area contributed by atoms with Crippen LogP contribution in [0.2, 0.25) is 0 Å². The van der Waals surface area contributed by atoms with Crippen LogP contribution in [0.4, 0.5) is 5.69 Å². The van der Waals surface area contributed by atoms with Crippen LogP contribution in [-0.4, -0.2) is 43.4 Å². The zero-order valence-corrected chi connectivity index (χ0v) is 13.6. The van der Waals surface area contributed by atoms with Crippen molar-refractivity contribution in [3.8, 4) is 0 Å². The van der Waals surface area contributed by atoms with E-state index in [2.05, 4.69) is 10.1 Å². The number of hydrogen-bond acceptors (Lipinski definition) is 5. The Bertz CT molecular complexity index is 713. The first kappa shape index (κ1) is 16.7.